The Balaban J connectivity index is 3.43. The van der Waals surface area contributed by atoms with Gasteiger partial charge in [-0.15, -0.1) is 0 Å². The van der Waals surface area contributed by atoms with Crippen LogP contribution in [0.1, 0.15) is 71.1 Å². The van der Waals surface area contributed by atoms with Crippen LogP contribution in [0.4, 0.5) is 0 Å². The lowest BCUT2D eigenvalue weighted by molar-refractivity contribution is -0.137. The van der Waals surface area contributed by atoms with E-state index in [0.29, 0.717) is 0 Å². The highest BCUT2D eigenvalue weighted by Gasteiger charge is 1.92. The molecule has 0 aromatic carbocycles. The van der Waals surface area contributed by atoms with Crippen LogP contribution < -0.4 is 0 Å². The van der Waals surface area contributed by atoms with Crippen molar-refractivity contribution in [1.82, 2.24) is 0 Å². The van der Waals surface area contributed by atoms with E-state index in [1.54, 1.807) is 0 Å². The summed E-state index contributed by atoms with van der Waals surface area (Å²) in [4.78, 5) is 10.3. The number of carbonyl (C=O) groups is 1. The Hall–Kier alpha value is -1.57. The van der Waals surface area contributed by atoms with E-state index in [0.717, 1.165) is 19.3 Å². The molecule has 0 bridgehead atoms. The van der Waals surface area contributed by atoms with Crippen molar-refractivity contribution in [3.8, 4) is 0 Å². The van der Waals surface area contributed by atoms with Crippen LogP contribution in [0.2, 0.25) is 0 Å². The van der Waals surface area contributed by atoms with Crippen molar-refractivity contribution in [1.29, 1.82) is 0 Å². The van der Waals surface area contributed by atoms with Crippen LogP contribution in [0.5, 0.6) is 0 Å². The Morgan fingerprint density at radius 1 is 0.773 bits per heavy atom. The average Bonchev–Trinajstić information content (AvgIpc) is 2.50. The fourth-order valence-corrected chi connectivity index (χ4v) is 1.99. The van der Waals surface area contributed by atoms with Gasteiger partial charge in [0, 0.05) is 6.42 Å². The summed E-state index contributed by atoms with van der Waals surface area (Å²) >= 11 is 0. The zero-order valence-electron chi connectivity index (χ0n) is 14.0. The zero-order valence-corrected chi connectivity index (χ0v) is 14.0. The summed E-state index contributed by atoms with van der Waals surface area (Å²) in [7, 11) is 0. The predicted molar refractivity (Wildman–Crippen MR) is 96.0 cm³/mol. The Kier molecular flexibility index (Phi) is 16.2. The van der Waals surface area contributed by atoms with Gasteiger partial charge in [-0.25, -0.2) is 0 Å². The number of hydrogen-bond donors (Lipinski definition) is 1. The number of carboxylic acid groups (broad SMARTS) is 1. The number of unbranched alkanes of at least 4 members (excludes halogenated alkanes) is 6. The third-order valence-electron chi connectivity index (χ3n) is 3.28. The SMILES string of the molecule is CCCCCCC/C=C/C=C/C=C\C/C=C\CCCC(=O)O. The highest BCUT2D eigenvalue weighted by atomic mass is 16.4. The van der Waals surface area contributed by atoms with Gasteiger partial charge in [-0.1, -0.05) is 81.2 Å². The maximum absolute atomic E-state index is 10.3. The smallest absolute Gasteiger partial charge is 0.303 e. The first-order valence-corrected chi connectivity index (χ1v) is 8.62. The molecular weight excluding hydrogens is 272 g/mol. The molecular formula is C20H32O2. The van der Waals surface area contributed by atoms with Crippen molar-refractivity contribution in [2.24, 2.45) is 0 Å². The molecule has 0 aliphatic carbocycles. The molecule has 2 nitrogen and oxygen atoms in total. The van der Waals surface area contributed by atoms with E-state index in [4.69, 9.17) is 5.11 Å². The largest absolute Gasteiger partial charge is 0.481 e. The normalized spacial score (nSPS) is 12.4. The summed E-state index contributed by atoms with van der Waals surface area (Å²) in [6, 6.07) is 0. The van der Waals surface area contributed by atoms with Crippen molar-refractivity contribution >= 4 is 5.97 Å². The highest BCUT2D eigenvalue weighted by molar-refractivity contribution is 5.66. The second kappa shape index (κ2) is 17.5. The Morgan fingerprint density at radius 2 is 1.45 bits per heavy atom. The maximum Gasteiger partial charge on any atom is 0.303 e. The fourth-order valence-electron chi connectivity index (χ4n) is 1.99. The van der Waals surface area contributed by atoms with Crippen LogP contribution in [0.15, 0.2) is 48.6 Å². The minimum atomic E-state index is -0.715. The molecule has 0 fully saturated rings. The number of allylic oxidation sites excluding steroid dienone is 8. The van der Waals surface area contributed by atoms with E-state index in [9.17, 15) is 4.79 Å². The molecule has 1 N–H and O–H groups in total. The molecule has 0 radical (unpaired) electrons. The molecule has 124 valence electrons. The molecule has 2 heteroatoms. The van der Waals surface area contributed by atoms with Crippen molar-refractivity contribution < 1.29 is 9.90 Å². The van der Waals surface area contributed by atoms with Gasteiger partial charge in [-0.2, -0.15) is 0 Å². The maximum atomic E-state index is 10.3. The molecule has 0 atom stereocenters. The molecule has 0 saturated heterocycles. The number of aliphatic carboxylic acids is 1. The summed E-state index contributed by atoms with van der Waals surface area (Å²) < 4.78 is 0. The Morgan fingerprint density at radius 3 is 2.18 bits per heavy atom. The quantitative estimate of drug-likeness (QED) is 0.235. The van der Waals surface area contributed by atoms with Crippen LogP contribution in [0, 0.1) is 0 Å². The van der Waals surface area contributed by atoms with Crippen molar-refractivity contribution in [3.63, 3.8) is 0 Å². The third kappa shape index (κ3) is 18.4. The Labute approximate surface area is 136 Å². The molecule has 0 heterocycles. The summed E-state index contributed by atoms with van der Waals surface area (Å²) in [6.07, 6.45) is 27.3. The first kappa shape index (κ1) is 20.4. The van der Waals surface area contributed by atoms with E-state index in [-0.39, 0.29) is 6.42 Å². The molecule has 0 aliphatic heterocycles. The summed E-state index contributed by atoms with van der Waals surface area (Å²) in [5, 5.41) is 8.49. The molecule has 0 rings (SSSR count). The number of hydrogen-bond acceptors (Lipinski definition) is 1. The van der Waals surface area contributed by atoms with Crippen LogP contribution in [-0.2, 0) is 4.79 Å². The van der Waals surface area contributed by atoms with Gasteiger partial charge in [0.15, 0.2) is 0 Å². The van der Waals surface area contributed by atoms with Gasteiger partial charge < -0.3 is 5.11 Å². The van der Waals surface area contributed by atoms with Gasteiger partial charge in [-0.3, -0.25) is 4.79 Å². The van der Waals surface area contributed by atoms with Crippen molar-refractivity contribution in [3.05, 3.63) is 48.6 Å². The minimum Gasteiger partial charge on any atom is -0.481 e. The summed E-state index contributed by atoms with van der Waals surface area (Å²) in [5.41, 5.74) is 0. The fraction of sp³-hybridized carbons (Fsp3) is 0.550. The zero-order chi connectivity index (χ0) is 16.3. The highest BCUT2D eigenvalue weighted by Crippen LogP contribution is 2.05. The van der Waals surface area contributed by atoms with Crippen LogP contribution in [0.3, 0.4) is 0 Å². The van der Waals surface area contributed by atoms with Gasteiger partial charge in [0.25, 0.3) is 0 Å². The van der Waals surface area contributed by atoms with E-state index in [1.807, 2.05) is 12.2 Å². The molecule has 0 aliphatic rings. The van der Waals surface area contributed by atoms with Gasteiger partial charge in [0.05, 0.1) is 0 Å². The van der Waals surface area contributed by atoms with E-state index < -0.39 is 5.97 Å². The van der Waals surface area contributed by atoms with Crippen LogP contribution >= 0.6 is 0 Å². The molecule has 0 unspecified atom stereocenters. The van der Waals surface area contributed by atoms with Crippen LogP contribution in [0.25, 0.3) is 0 Å². The molecule has 0 amide bonds. The Bertz CT molecular complexity index is 362. The van der Waals surface area contributed by atoms with E-state index in [2.05, 4.69) is 43.4 Å². The van der Waals surface area contributed by atoms with Crippen molar-refractivity contribution in [2.45, 2.75) is 71.1 Å². The molecule has 22 heavy (non-hydrogen) atoms. The monoisotopic (exact) mass is 304 g/mol. The topological polar surface area (TPSA) is 37.3 Å². The minimum absolute atomic E-state index is 0.258. The van der Waals surface area contributed by atoms with Gasteiger partial charge in [-0.05, 0) is 32.1 Å². The third-order valence-corrected chi connectivity index (χ3v) is 3.28. The second-order valence-corrected chi connectivity index (χ2v) is 5.44. The lowest BCUT2D eigenvalue weighted by Gasteiger charge is -1.95. The van der Waals surface area contributed by atoms with Crippen molar-refractivity contribution in [2.75, 3.05) is 0 Å². The number of carboxylic acids is 1. The first-order chi connectivity index (χ1) is 10.8. The van der Waals surface area contributed by atoms with Gasteiger partial charge >= 0.3 is 5.97 Å². The first-order valence-electron chi connectivity index (χ1n) is 8.62. The van der Waals surface area contributed by atoms with E-state index in [1.165, 1.54) is 38.5 Å². The summed E-state index contributed by atoms with van der Waals surface area (Å²) in [5.74, 6) is -0.715. The lowest BCUT2D eigenvalue weighted by Crippen LogP contribution is -1.92. The second-order valence-electron chi connectivity index (χ2n) is 5.44. The molecule has 0 spiro atoms. The molecule has 0 saturated carbocycles. The summed E-state index contributed by atoms with van der Waals surface area (Å²) in [6.45, 7) is 2.24. The molecule has 0 aromatic heterocycles. The van der Waals surface area contributed by atoms with Gasteiger partial charge in [0.1, 0.15) is 0 Å². The lowest BCUT2D eigenvalue weighted by atomic mass is 10.1. The van der Waals surface area contributed by atoms with Gasteiger partial charge in [0.2, 0.25) is 0 Å². The standard InChI is InChI=1S/C20H32O2/c1-2-3-4-5-6-7-8-9-10-11-12-13-14-15-16-17-18-19-20(21)22/h8-13,15-16H,2-7,14,17-19H2,1H3,(H,21,22)/b9-8+,11-10+,13-12-,16-15-. The average molecular weight is 304 g/mol. The van der Waals surface area contributed by atoms with E-state index >= 15 is 0 Å². The number of rotatable bonds is 14. The van der Waals surface area contributed by atoms with Crippen LogP contribution in [-0.4, -0.2) is 11.1 Å². The molecule has 0 aromatic rings. The predicted octanol–water partition coefficient (Wildman–Crippen LogP) is 6.22.